The summed E-state index contributed by atoms with van der Waals surface area (Å²) >= 11 is 9.58. The third-order valence-corrected chi connectivity index (χ3v) is 5.13. The van der Waals surface area contributed by atoms with Crippen LogP contribution in [-0.4, -0.2) is 23.9 Å². The van der Waals surface area contributed by atoms with E-state index >= 15 is 0 Å². The van der Waals surface area contributed by atoms with E-state index in [1.807, 2.05) is 13.8 Å². The van der Waals surface area contributed by atoms with Crippen LogP contribution < -0.4 is 15.0 Å². The average molecular weight is 478 g/mol. The van der Waals surface area contributed by atoms with Gasteiger partial charge >= 0.3 is 6.03 Å². The molecule has 0 unspecified atom stereocenters. The molecule has 1 atom stereocenters. The van der Waals surface area contributed by atoms with Crippen molar-refractivity contribution in [3.8, 4) is 5.75 Å². The van der Waals surface area contributed by atoms with E-state index in [0.717, 1.165) is 11.3 Å². The normalized spacial score (nSPS) is 16.8. The molecule has 0 aliphatic carbocycles. The molecule has 0 spiro atoms. The van der Waals surface area contributed by atoms with Crippen molar-refractivity contribution in [3.05, 3.63) is 63.1 Å². The number of anilines is 1. The van der Waals surface area contributed by atoms with Crippen LogP contribution >= 0.6 is 27.5 Å². The number of urea groups is 1. The van der Waals surface area contributed by atoms with E-state index in [2.05, 4.69) is 21.2 Å². The zero-order valence-corrected chi connectivity index (χ0v) is 18.1. The van der Waals surface area contributed by atoms with Gasteiger partial charge in [-0.3, -0.25) is 14.9 Å². The van der Waals surface area contributed by atoms with Crippen LogP contribution in [-0.2, 0) is 9.59 Å². The first-order valence-electron chi connectivity index (χ1n) is 8.93. The Morgan fingerprint density at radius 2 is 1.97 bits per heavy atom. The molecule has 0 aromatic heterocycles. The van der Waals surface area contributed by atoms with Crippen molar-refractivity contribution in [3.63, 3.8) is 0 Å². The number of ether oxygens (including phenoxy) is 1. The molecule has 29 heavy (non-hydrogen) atoms. The van der Waals surface area contributed by atoms with E-state index < -0.39 is 17.8 Å². The van der Waals surface area contributed by atoms with Crippen molar-refractivity contribution in [1.29, 1.82) is 0 Å². The highest BCUT2D eigenvalue weighted by Gasteiger charge is 2.36. The molecule has 1 N–H and O–H groups in total. The zero-order chi connectivity index (χ0) is 21.1. The molecule has 1 heterocycles. The molecule has 3 rings (SSSR count). The number of nitrogens with zero attached hydrogens (tertiary/aromatic N) is 1. The van der Waals surface area contributed by atoms with Crippen LogP contribution in [0.15, 0.2) is 52.5 Å². The van der Waals surface area contributed by atoms with Gasteiger partial charge in [-0.2, -0.15) is 0 Å². The third kappa shape index (κ3) is 4.68. The molecule has 0 bridgehead atoms. The Morgan fingerprint density at radius 3 is 2.62 bits per heavy atom. The fraction of sp³-hybridized carbons (Fsp3) is 0.190. The first-order chi connectivity index (χ1) is 13.8. The summed E-state index contributed by atoms with van der Waals surface area (Å²) in [4.78, 5) is 38.4. The van der Waals surface area contributed by atoms with E-state index in [1.165, 1.54) is 6.08 Å². The number of benzene rings is 2. The average Bonchev–Trinajstić information content (AvgIpc) is 2.67. The summed E-state index contributed by atoms with van der Waals surface area (Å²) in [6, 6.07) is 10.9. The van der Waals surface area contributed by atoms with Gasteiger partial charge in [-0.15, -0.1) is 0 Å². The second-order valence-corrected chi connectivity index (χ2v) is 7.79. The molecule has 150 valence electrons. The van der Waals surface area contributed by atoms with Crippen LogP contribution in [0.1, 0.15) is 25.8 Å². The van der Waals surface area contributed by atoms with E-state index in [-0.39, 0.29) is 11.7 Å². The molecule has 8 heteroatoms. The van der Waals surface area contributed by atoms with E-state index in [9.17, 15) is 14.4 Å². The van der Waals surface area contributed by atoms with Crippen LogP contribution in [0.25, 0.3) is 6.08 Å². The van der Waals surface area contributed by atoms with Crippen molar-refractivity contribution >= 4 is 57.1 Å². The molecular formula is C21H18BrClN2O4. The Kier molecular flexibility index (Phi) is 6.39. The number of imide groups is 2. The standard InChI is InChI=1S/C21H18BrClN2O4/c1-3-12(2)29-18-8-7-13(10-17(18)23)9-16-19(26)24-21(28)25(20(16)27)15-6-4-5-14(22)11-15/h4-12H,3H2,1-2H3,(H,24,26,28)/b16-9+/t12-/m1/s1. The van der Waals surface area contributed by atoms with Crippen molar-refractivity contribution in [2.24, 2.45) is 0 Å². The molecule has 2 aromatic rings. The highest BCUT2D eigenvalue weighted by molar-refractivity contribution is 9.10. The summed E-state index contributed by atoms with van der Waals surface area (Å²) in [5.41, 5.74) is 0.709. The van der Waals surface area contributed by atoms with E-state index in [1.54, 1.807) is 42.5 Å². The quantitative estimate of drug-likeness (QED) is 0.488. The third-order valence-electron chi connectivity index (χ3n) is 4.34. The number of hydrogen-bond acceptors (Lipinski definition) is 4. The van der Waals surface area contributed by atoms with Gasteiger partial charge in [0.1, 0.15) is 11.3 Å². The first kappa shape index (κ1) is 21.1. The minimum Gasteiger partial charge on any atom is -0.489 e. The fourth-order valence-corrected chi connectivity index (χ4v) is 3.30. The molecule has 1 fully saturated rings. The largest absolute Gasteiger partial charge is 0.489 e. The summed E-state index contributed by atoms with van der Waals surface area (Å²) in [6.07, 6.45) is 2.23. The predicted molar refractivity (Wildman–Crippen MR) is 115 cm³/mol. The van der Waals surface area contributed by atoms with Crippen LogP contribution in [0, 0.1) is 0 Å². The Labute approximate surface area is 181 Å². The van der Waals surface area contributed by atoms with Crippen molar-refractivity contribution in [2.45, 2.75) is 26.4 Å². The van der Waals surface area contributed by atoms with Gasteiger partial charge in [0.05, 0.1) is 16.8 Å². The molecule has 0 radical (unpaired) electrons. The van der Waals surface area contributed by atoms with E-state index in [0.29, 0.717) is 26.5 Å². The highest BCUT2D eigenvalue weighted by atomic mass is 79.9. The number of rotatable bonds is 5. The van der Waals surface area contributed by atoms with E-state index in [4.69, 9.17) is 16.3 Å². The van der Waals surface area contributed by atoms with Crippen LogP contribution in [0.3, 0.4) is 0 Å². The maximum Gasteiger partial charge on any atom is 0.335 e. The topological polar surface area (TPSA) is 75.7 Å². The van der Waals surface area contributed by atoms with Gasteiger partial charge < -0.3 is 4.74 Å². The summed E-state index contributed by atoms with van der Waals surface area (Å²) in [5.74, 6) is -0.955. The van der Waals surface area contributed by atoms with Gasteiger partial charge in [-0.05, 0) is 55.3 Å². The SMILES string of the molecule is CC[C@@H](C)Oc1ccc(/C=C2\C(=O)NC(=O)N(c3cccc(Br)c3)C2=O)cc1Cl. The minimum absolute atomic E-state index is 0.00664. The molecule has 1 aliphatic rings. The van der Waals surface area contributed by atoms with Gasteiger partial charge in [-0.1, -0.05) is 46.6 Å². The smallest absolute Gasteiger partial charge is 0.335 e. The van der Waals surface area contributed by atoms with Crippen molar-refractivity contribution < 1.29 is 19.1 Å². The fourth-order valence-electron chi connectivity index (χ4n) is 2.68. The predicted octanol–water partition coefficient (Wildman–Crippen LogP) is 4.95. The number of amides is 4. The molecule has 1 aliphatic heterocycles. The molecule has 6 nitrogen and oxygen atoms in total. The van der Waals surface area contributed by atoms with Gasteiger partial charge in [-0.25, -0.2) is 9.69 Å². The lowest BCUT2D eigenvalue weighted by atomic mass is 10.1. The Balaban J connectivity index is 1.93. The van der Waals surface area contributed by atoms with Crippen molar-refractivity contribution in [2.75, 3.05) is 4.90 Å². The molecule has 4 amide bonds. The summed E-state index contributed by atoms with van der Waals surface area (Å²) < 4.78 is 6.42. The van der Waals surface area contributed by atoms with Crippen LogP contribution in [0.2, 0.25) is 5.02 Å². The second kappa shape index (κ2) is 8.80. The Morgan fingerprint density at radius 1 is 1.21 bits per heavy atom. The molecule has 2 aromatic carbocycles. The Bertz CT molecular complexity index is 1020. The number of hydrogen-bond donors (Lipinski definition) is 1. The zero-order valence-electron chi connectivity index (χ0n) is 15.7. The van der Waals surface area contributed by atoms with Gasteiger partial charge in [0.15, 0.2) is 0 Å². The number of carbonyl (C=O) groups excluding carboxylic acids is 3. The maximum atomic E-state index is 12.9. The maximum absolute atomic E-state index is 12.9. The second-order valence-electron chi connectivity index (χ2n) is 6.46. The number of halogens is 2. The minimum atomic E-state index is -0.800. The summed E-state index contributed by atoms with van der Waals surface area (Å²) in [6.45, 7) is 3.94. The molecule has 0 saturated carbocycles. The lowest BCUT2D eigenvalue weighted by Gasteiger charge is -2.26. The lowest BCUT2D eigenvalue weighted by molar-refractivity contribution is -0.122. The number of carbonyl (C=O) groups is 3. The van der Waals surface area contributed by atoms with Crippen LogP contribution in [0.4, 0.5) is 10.5 Å². The first-order valence-corrected chi connectivity index (χ1v) is 10.1. The Hall–Kier alpha value is -2.64. The monoisotopic (exact) mass is 476 g/mol. The molecular weight excluding hydrogens is 460 g/mol. The van der Waals surface area contributed by atoms with Crippen LogP contribution in [0.5, 0.6) is 5.75 Å². The summed E-state index contributed by atoms with van der Waals surface area (Å²) in [5, 5.41) is 2.56. The van der Waals surface area contributed by atoms with Gasteiger partial charge in [0.25, 0.3) is 11.8 Å². The summed E-state index contributed by atoms with van der Waals surface area (Å²) in [7, 11) is 0. The van der Waals surface area contributed by atoms with Crippen molar-refractivity contribution in [1.82, 2.24) is 5.32 Å². The highest BCUT2D eigenvalue weighted by Crippen LogP contribution is 2.29. The lowest BCUT2D eigenvalue weighted by Crippen LogP contribution is -2.54. The molecule has 1 saturated heterocycles. The number of nitrogens with one attached hydrogen (secondary N) is 1. The number of barbiturate groups is 1. The van der Waals surface area contributed by atoms with Gasteiger partial charge in [0, 0.05) is 4.47 Å². The van der Waals surface area contributed by atoms with Gasteiger partial charge in [0.2, 0.25) is 0 Å².